The smallest absolute Gasteiger partial charge is 0.251 e. The molecule has 0 unspecified atom stereocenters. The van der Waals surface area contributed by atoms with E-state index < -0.39 is 120 Å². The van der Waals surface area contributed by atoms with Crippen LogP contribution in [-0.2, 0) is 52.1 Å². The van der Waals surface area contributed by atoms with Crippen LogP contribution in [0, 0.1) is 23.6 Å². The number of sulfonamides is 2. The minimum atomic E-state index is -3.85. The molecule has 2 fully saturated rings. The summed E-state index contributed by atoms with van der Waals surface area (Å²) in [5.41, 5.74) is 1.56. The summed E-state index contributed by atoms with van der Waals surface area (Å²) in [4.78, 5) is 86.9. The van der Waals surface area contributed by atoms with Crippen LogP contribution in [0.4, 0.5) is 4.39 Å². The molecule has 0 spiro atoms. The van der Waals surface area contributed by atoms with Crippen LogP contribution in [0.3, 0.4) is 0 Å². The Bertz CT molecular complexity index is 2690. The van der Waals surface area contributed by atoms with Crippen molar-refractivity contribution >= 4 is 55.5 Å². The Morgan fingerprint density at radius 3 is 1.24 bits per heavy atom. The number of aryl methyl sites for hydroxylation is 1. The summed E-state index contributed by atoms with van der Waals surface area (Å²) in [5, 5.41) is 17.6. The number of halogens is 1. The maximum atomic E-state index is 14.7. The maximum Gasteiger partial charge on any atom is 0.251 e. The molecule has 2 heterocycles. The lowest BCUT2D eigenvalue weighted by molar-refractivity contribution is -0.140. The summed E-state index contributed by atoms with van der Waals surface area (Å²) in [6.07, 6.45) is 3.24. The van der Waals surface area contributed by atoms with Gasteiger partial charge >= 0.3 is 0 Å². The number of rotatable bonds is 24. The van der Waals surface area contributed by atoms with Gasteiger partial charge in [0.15, 0.2) is 0 Å². The van der Waals surface area contributed by atoms with Gasteiger partial charge in [-0.05, 0) is 119 Å². The first kappa shape index (κ1) is 65.0. The lowest BCUT2D eigenvalue weighted by atomic mass is 9.85. The van der Waals surface area contributed by atoms with Crippen LogP contribution in [0.1, 0.15) is 106 Å². The highest BCUT2D eigenvalue weighted by Gasteiger charge is 2.46. The van der Waals surface area contributed by atoms with Gasteiger partial charge in [0.1, 0.15) is 17.9 Å². The van der Waals surface area contributed by atoms with E-state index >= 15 is 0 Å². The number of hydrogen-bond donors (Lipinski definition) is 6. The molecule has 442 valence electrons. The second kappa shape index (κ2) is 27.3. The second-order valence-corrected chi connectivity index (χ2v) is 27.6. The van der Waals surface area contributed by atoms with Crippen molar-refractivity contribution in [3.8, 4) is 0 Å². The molecule has 3 aromatic carbocycles. The Morgan fingerprint density at radius 2 is 0.925 bits per heavy atom. The summed E-state index contributed by atoms with van der Waals surface area (Å²) in [5.74, 6) is -3.14. The van der Waals surface area contributed by atoms with Crippen molar-refractivity contribution in [2.24, 2.45) is 10.8 Å². The second-order valence-electron chi connectivity index (χ2n) is 23.7. The standard InChI is InChI=1S/C57H85FN10O10S2/c1-36-14-16-39(17-15-36)26-28-65(79(12,75)76)34-46-30-44(32-67(46)54(73)48(56(4,5)6)63-50(69)37(2)59-10)61-52(71)41-20-22-42(23-21-41)53(72)62-45-31-47(35-66(80(13,77)78)29-27-40-18-24-43(58)25-19-40)68(33-45)55(74)49(57(7,8)9)64-51(70)38(3)60-11/h14-25,37-38,44-49,59-60H,26-35H2,1-13H3,(H,61,71)(H,62,72)(H,63,69)(H,64,70)/t37-,38-,44-,45-,46-,47-,48+,49+/m0/s1. The third-order valence-electron chi connectivity index (χ3n) is 15.0. The van der Waals surface area contributed by atoms with E-state index in [1.165, 1.54) is 49.9 Å². The highest BCUT2D eigenvalue weighted by molar-refractivity contribution is 7.88. The number of carbonyl (C=O) groups excluding carboxylic acids is 6. The Balaban J connectivity index is 1.35. The predicted molar refractivity (Wildman–Crippen MR) is 307 cm³/mol. The van der Waals surface area contributed by atoms with Crippen molar-refractivity contribution in [2.75, 3.05) is 65.9 Å². The minimum Gasteiger partial charge on any atom is -0.347 e. The summed E-state index contributed by atoms with van der Waals surface area (Å²) < 4.78 is 69.6. The molecule has 2 saturated heterocycles. The van der Waals surface area contributed by atoms with Crippen LogP contribution in [0.2, 0.25) is 0 Å². The predicted octanol–water partition coefficient (Wildman–Crippen LogP) is 2.82. The summed E-state index contributed by atoms with van der Waals surface area (Å²) >= 11 is 0. The molecular formula is C57H85FN10O10S2. The molecule has 3 aromatic rings. The van der Waals surface area contributed by atoms with Gasteiger partial charge in [0.25, 0.3) is 11.8 Å². The van der Waals surface area contributed by atoms with Crippen molar-refractivity contribution in [3.05, 3.63) is 106 Å². The molecule has 6 N–H and O–H groups in total. The topological polar surface area (TPSA) is 256 Å². The lowest BCUT2D eigenvalue weighted by Gasteiger charge is -2.37. The quantitative estimate of drug-likeness (QED) is 0.0758. The van der Waals surface area contributed by atoms with Crippen LogP contribution in [0.5, 0.6) is 0 Å². The van der Waals surface area contributed by atoms with Crippen molar-refractivity contribution in [3.63, 3.8) is 0 Å². The first-order chi connectivity index (χ1) is 37.2. The van der Waals surface area contributed by atoms with Gasteiger partial charge in [-0.15, -0.1) is 0 Å². The SMILES string of the molecule is CN[C@@H](C)C(=O)N[C@H](C(=O)N1C[C@@H](NC(=O)c2ccc(C(=O)N[C@H]3C[C@@H](CN(CCc4ccc(F)cc4)S(C)(=O)=O)N(C(=O)[C@@H](NC(=O)[C@H](C)NC)C(C)(C)C)C3)cc2)C[C@H]1CN(CCc1ccc(C)cc1)S(C)(=O)=O)C(C)(C)C. The van der Waals surface area contributed by atoms with Crippen LogP contribution in [-0.4, -0.2) is 185 Å². The largest absolute Gasteiger partial charge is 0.347 e. The average molecular weight is 1150 g/mol. The number of likely N-dealkylation sites (N-methyl/N-ethyl adjacent to an activating group) is 2. The third-order valence-corrected chi connectivity index (χ3v) is 17.6. The molecule has 8 atom stereocenters. The highest BCUT2D eigenvalue weighted by Crippen LogP contribution is 2.30. The van der Waals surface area contributed by atoms with Crippen molar-refractivity contribution in [1.29, 1.82) is 0 Å². The number of nitrogens with one attached hydrogen (secondary N) is 6. The minimum absolute atomic E-state index is 0.0101. The van der Waals surface area contributed by atoms with E-state index in [4.69, 9.17) is 0 Å². The van der Waals surface area contributed by atoms with Crippen LogP contribution < -0.4 is 31.9 Å². The number of carbonyl (C=O) groups is 6. The van der Waals surface area contributed by atoms with Crippen molar-refractivity contribution < 1.29 is 50.0 Å². The average Bonchev–Trinajstić information content (AvgIpc) is 4.00. The van der Waals surface area contributed by atoms with E-state index in [0.717, 1.165) is 23.6 Å². The van der Waals surface area contributed by atoms with Gasteiger partial charge in [0, 0.05) is 74.6 Å². The molecule has 6 amide bonds. The number of likely N-dealkylation sites (tertiary alicyclic amines) is 2. The molecule has 0 radical (unpaired) electrons. The zero-order valence-corrected chi connectivity index (χ0v) is 50.3. The molecule has 20 nitrogen and oxygen atoms in total. The fourth-order valence-corrected chi connectivity index (χ4v) is 11.6. The number of benzene rings is 3. The van der Waals surface area contributed by atoms with E-state index in [9.17, 15) is 50.0 Å². The molecule has 80 heavy (non-hydrogen) atoms. The summed E-state index contributed by atoms with van der Waals surface area (Å²) in [6, 6.07) is 13.5. The van der Waals surface area contributed by atoms with E-state index in [1.807, 2.05) is 72.7 Å². The molecule has 0 bridgehead atoms. The summed E-state index contributed by atoms with van der Waals surface area (Å²) in [7, 11) is -4.38. The zero-order valence-electron chi connectivity index (χ0n) is 48.7. The van der Waals surface area contributed by atoms with Crippen LogP contribution in [0.15, 0.2) is 72.8 Å². The maximum absolute atomic E-state index is 14.7. The third kappa shape index (κ3) is 18.1. The molecule has 23 heteroatoms. The van der Waals surface area contributed by atoms with Gasteiger partial charge in [-0.25, -0.2) is 21.2 Å². The Morgan fingerprint density at radius 1 is 0.588 bits per heavy atom. The van der Waals surface area contributed by atoms with Gasteiger partial charge in [0.05, 0.1) is 24.6 Å². The Labute approximate surface area is 473 Å². The van der Waals surface area contributed by atoms with Gasteiger partial charge in [-0.2, -0.15) is 8.61 Å². The molecule has 2 aliphatic heterocycles. The molecule has 0 aliphatic carbocycles. The fourth-order valence-electron chi connectivity index (χ4n) is 9.83. The Hall–Kier alpha value is -5.85. The normalized spacial score (nSPS) is 19.6. The number of amides is 6. The van der Waals surface area contributed by atoms with Crippen molar-refractivity contribution in [2.45, 2.75) is 136 Å². The molecule has 2 aliphatic rings. The van der Waals surface area contributed by atoms with E-state index in [0.29, 0.717) is 12.0 Å². The number of hydrogen-bond acceptors (Lipinski definition) is 12. The van der Waals surface area contributed by atoms with E-state index in [-0.39, 0.29) is 69.7 Å². The monoisotopic (exact) mass is 1150 g/mol. The number of nitrogens with zero attached hydrogens (tertiary/aromatic N) is 4. The molecule has 0 saturated carbocycles. The fraction of sp³-hybridized carbons (Fsp3) is 0.579. The van der Waals surface area contributed by atoms with Crippen molar-refractivity contribution in [1.82, 2.24) is 50.3 Å². The van der Waals surface area contributed by atoms with Gasteiger partial charge in [0.2, 0.25) is 43.7 Å². The van der Waals surface area contributed by atoms with E-state index in [2.05, 4.69) is 31.9 Å². The van der Waals surface area contributed by atoms with Gasteiger partial charge in [-0.1, -0.05) is 83.5 Å². The Kier molecular flexibility index (Phi) is 22.2. The van der Waals surface area contributed by atoms with E-state index in [1.54, 1.807) is 45.0 Å². The first-order valence-electron chi connectivity index (χ1n) is 27.2. The molecular weight excluding hydrogens is 1070 g/mol. The van der Waals surface area contributed by atoms with Gasteiger partial charge < -0.3 is 41.7 Å². The highest BCUT2D eigenvalue weighted by atomic mass is 32.2. The molecule has 0 aromatic heterocycles. The van der Waals surface area contributed by atoms with Gasteiger partial charge in [-0.3, -0.25) is 28.8 Å². The first-order valence-corrected chi connectivity index (χ1v) is 30.9. The lowest BCUT2D eigenvalue weighted by Crippen LogP contribution is -2.59. The zero-order chi connectivity index (χ0) is 59.7. The van der Waals surface area contributed by atoms with Crippen LogP contribution >= 0.6 is 0 Å². The summed E-state index contributed by atoms with van der Waals surface area (Å²) in [6.45, 7) is 16.2. The molecule has 5 rings (SSSR count). The van der Waals surface area contributed by atoms with Crippen LogP contribution in [0.25, 0.3) is 0 Å².